The Labute approximate surface area is 137 Å². The molecule has 1 aromatic rings. The van der Waals surface area contributed by atoms with Crippen molar-refractivity contribution in [3.63, 3.8) is 0 Å². The van der Waals surface area contributed by atoms with E-state index in [4.69, 9.17) is 0 Å². The van der Waals surface area contributed by atoms with E-state index in [0.29, 0.717) is 12.5 Å². The van der Waals surface area contributed by atoms with Crippen molar-refractivity contribution in [2.24, 2.45) is 11.8 Å². The summed E-state index contributed by atoms with van der Waals surface area (Å²) in [6, 6.07) is 0. The first-order valence-corrected chi connectivity index (χ1v) is 8.78. The molecule has 1 saturated heterocycles. The Morgan fingerprint density at radius 1 is 1.17 bits per heavy atom. The highest BCUT2D eigenvalue weighted by molar-refractivity contribution is 5.81. The zero-order valence-electron chi connectivity index (χ0n) is 13.6. The summed E-state index contributed by atoms with van der Waals surface area (Å²) in [5.74, 6) is 0.741. The van der Waals surface area contributed by atoms with Gasteiger partial charge in [-0.1, -0.05) is 12.8 Å². The largest absolute Gasteiger partial charge is 0.356 e. The maximum absolute atomic E-state index is 12.4. The van der Waals surface area contributed by atoms with Gasteiger partial charge in [-0.3, -0.25) is 14.7 Å². The van der Waals surface area contributed by atoms with Crippen molar-refractivity contribution in [3.8, 4) is 0 Å². The second-order valence-electron chi connectivity index (χ2n) is 6.73. The Balaban J connectivity index is 1.37. The van der Waals surface area contributed by atoms with E-state index in [1.165, 1.54) is 12.8 Å². The molecule has 2 heterocycles. The minimum Gasteiger partial charge on any atom is -0.356 e. The number of piperidine rings is 1. The summed E-state index contributed by atoms with van der Waals surface area (Å²) in [5.41, 5.74) is 1.10. The molecule has 1 saturated carbocycles. The van der Waals surface area contributed by atoms with E-state index >= 15 is 0 Å². The van der Waals surface area contributed by atoms with Gasteiger partial charge in [0.2, 0.25) is 11.8 Å². The number of hydrogen-bond donors (Lipinski definition) is 2. The van der Waals surface area contributed by atoms with Crippen LogP contribution in [0.5, 0.6) is 0 Å². The summed E-state index contributed by atoms with van der Waals surface area (Å²) in [6.45, 7) is 2.10. The Bertz CT molecular complexity index is 515. The third-order valence-corrected chi connectivity index (χ3v) is 5.15. The lowest BCUT2D eigenvalue weighted by molar-refractivity contribution is -0.139. The smallest absolute Gasteiger partial charge is 0.225 e. The molecule has 2 fully saturated rings. The van der Waals surface area contributed by atoms with Crippen molar-refractivity contribution in [1.29, 1.82) is 0 Å². The third kappa shape index (κ3) is 4.12. The Hall–Kier alpha value is -1.85. The number of amides is 2. The topological polar surface area (TPSA) is 78.1 Å². The van der Waals surface area contributed by atoms with Gasteiger partial charge in [-0.2, -0.15) is 5.10 Å². The highest BCUT2D eigenvalue weighted by Crippen LogP contribution is 2.28. The molecular formula is C17H26N4O2. The number of hydrogen-bond acceptors (Lipinski definition) is 3. The Kier molecular flexibility index (Phi) is 5.31. The van der Waals surface area contributed by atoms with E-state index in [1.807, 2.05) is 11.1 Å². The maximum atomic E-state index is 12.4. The quantitative estimate of drug-likeness (QED) is 0.863. The molecule has 0 unspecified atom stereocenters. The monoisotopic (exact) mass is 318 g/mol. The van der Waals surface area contributed by atoms with Crippen LogP contribution in [-0.2, 0) is 16.0 Å². The highest BCUT2D eigenvalue weighted by atomic mass is 16.2. The van der Waals surface area contributed by atoms with Crippen LogP contribution in [0, 0.1) is 11.8 Å². The predicted octanol–water partition coefficient (Wildman–Crippen LogP) is 1.50. The molecule has 2 N–H and O–H groups in total. The van der Waals surface area contributed by atoms with E-state index in [-0.39, 0.29) is 17.7 Å². The van der Waals surface area contributed by atoms with Crippen molar-refractivity contribution in [1.82, 2.24) is 20.4 Å². The summed E-state index contributed by atoms with van der Waals surface area (Å²) in [7, 11) is 0. The second kappa shape index (κ2) is 7.62. The fraction of sp³-hybridized carbons (Fsp3) is 0.706. The van der Waals surface area contributed by atoms with Crippen molar-refractivity contribution in [2.45, 2.75) is 44.9 Å². The van der Waals surface area contributed by atoms with Gasteiger partial charge in [-0.25, -0.2) is 0 Å². The molecular weight excluding hydrogens is 292 g/mol. The average Bonchev–Trinajstić information content (AvgIpc) is 3.28. The first kappa shape index (κ1) is 16.0. The molecule has 23 heavy (non-hydrogen) atoms. The van der Waals surface area contributed by atoms with Crippen LogP contribution in [0.15, 0.2) is 12.4 Å². The Morgan fingerprint density at radius 3 is 2.57 bits per heavy atom. The number of carbonyl (C=O) groups excluding carboxylic acids is 2. The van der Waals surface area contributed by atoms with Gasteiger partial charge in [0.25, 0.3) is 0 Å². The van der Waals surface area contributed by atoms with Gasteiger partial charge in [0, 0.05) is 37.7 Å². The minimum atomic E-state index is 0.0481. The summed E-state index contributed by atoms with van der Waals surface area (Å²) in [5, 5.41) is 9.67. The van der Waals surface area contributed by atoms with Gasteiger partial charge >= 0.3 is 0 Å². The second-order valence-corrected chi connectivity index (χ2v) is 6.73. The molecule has 1 aliphatic heterocycles. The van der Waals surface area contributed by atoms with Crippen molar-refractivity contribution in [3.05, 3.63) is 18.0 Å². The SMILES string of the molecule is O=C(NCCc1cn[nH]c1)C1CCN(C(=O)C2CCCC2)CC1. The number of nitrogens with one attached hydrogen (secondary N) is 2. The molecule has 0 aromatic carbocycles. The van der Waals surface area contributed by atoms with Crippen LogP contribution < -0.4 is 5.32 Å². The molecule has 3 rings (SSSR count). The summed E-state index contributed by atoms with van der Waals surface area (Å²) in [4.78, 5) is 26.6. The van der Waals surface area contributed by atoms with E-state index in [9.17, 15) is 9.59 Å². The Morgan fingerprint density at radius 2 is 1.91 bits per heavy atom. The van der Waals surface area contributed by atoms with E-state index < -0.39 is 0 Å². The number of likely N-dealkylation sites (tertiary alicyclic amines) is 1. The fourth-order valence-electron chi connectivity index (χ4n) is 3.68. The molecule has 0 atom stereocenters. The van der Waals surface area contributed by atoms with Crippen LogP contribution in [0.4, 0.5) is 0 Å². The maximum Gasteiger partial charge on any atom is 0.225 e. The molecule has 2 aliphatic rings. The van der Waals surface area contributed by atoms with Crippen molar-refractivity contribution < 1.29 is 9.59 Å². The molecule has 0 radical (unpaired) electrons. The van der Waals surface area contributed by atoms with Gasteiger partial charge in [-0.15, -0.1) is 0 Å². The number of rotatable bonds is 5. The molecule has 126 valence electrons. The normalized spacial score (nSPS) is 19.9. The standard InChI is InChI=1S/C17H26N4O2/c22-16(18-8-5-13-11-19-20-12-13)14-6-9-21(10-7-14)17(23)15-3-1-2-4-15/h11-12,14-15H,1-10H2,(H,18,22)(H,19,20). The number of H-pyrrole nitrogens is 1. The van der Waals surface area contributed by atoms with Gasteiger partial charge in [0.1, 0.15) is 0 Å². The number of nitrogens with zero attached hydrogens (tertiary/aromatic N) is 2. The first-order valence-electron chi connectivity index (χ1n) is 8.78. The molecule has 6 nitrogen and oxygen atoms in total. The van der Waals surface area contributed by atoms with E-state index in [2.05, 4.69) is 15.5 Å². The first-order chi connectivity index (χ1) is 11.2. The van der Waals surface area contributed by atoms with Crippen molar-refractivity contribution >= 4 is 11.8 Å². The van der Waals surface area contributed by atoms with E-state index in [0.717, 1.165) is 50.8 Å². The van der Waals surface area contributed by atoms with E-state index in [1.54, 1.807) is 6.20 Å². The fourth-order valence-corrected chi connectivity index (χ4v) is 3.68. The predicted molar refractivity (Wildman–Crippen MR) is 86.6 cm³/mol. The average molecular weight is 318 g/mol. The van der Waals surface area contributed by atoms with Crippen LogP contribution >= 0.6 is 0 Å². The van der Waals surface area contributed by atoms with Gasteiger partial charge in [0.05, 0.1) is 6.20 Å². The zero-order chi connectivity index (χ0) is 16.1. The molecule has 6 heteroatoms. The van der Waals surface area contributed by atoms with Gasteiger partial charge in [-0.05, 0) is 37.7 Å². The number of aromatic amines is 1. The molecule has 2 amide bonds. The van der Waals surface area contributed by atoms with Crippen LogP contribution in [0.2, 0.25) is 0 Å². The van der Waals surface area contributed by atoms with Crippen LogP contribution in [-0.4, -0.2) is 46.5 Å². The lowest BCUT2D eigenvalue weighted by atomic mass is 9.94. The highest BCUT2D eigenvalue weighted by Gasteiger charge is 2.31. The lowest BCUT2D eigenvalue weighted by Gasteiger charge is -2.33. The van der Waals surface area contributed by atoms with Crippen molar-refractivity contribution in [2.75, 3.05) is 19.6 Å². The van der Waals surface area contributed by atoms with Gasteiger partial charge in [0.15, 0.2) is 0 Å². The zero-order valence-corrected chi connectivity index (χ0v) is 13.6. The van der Waals surface area contributed by atoms with Crippen LogP contribution in [0.3, 0.4) is 0 Å². The summed E-state index contributed by atoms with van der Waals surface area (Å²) < 4.78 is 0. The number of aromatic nitrogens is 2. The number of carbonyl (C=O) groups is 2. The van der Waals surface area contributed by atoms with Crippen LogP contribution in [0.25, 0.3) is 0 Å². The molecule has 1 aromatic heterocycles. The van der Waals surface area contributed by atoms with Gasteiger partial charge < -0.3 is 10.2 Å². The summed E-state index contributed by atoms with van der Waals surface area (Å²) >= 11 is 0. The van der Waals surface area contributed by atoms with Crippen LogP contribution in [0.1, 0.15) is 44.1 Å². The minimum absolute atomic E-state index is 0.0481. The summed E-state index contributed by atoms with van der Waals surface area (Å²) in [6.07, 6.45) is 10.5. The molecule has 0 spiro atoms. The molecule has 1 aliphatic carbocycles. The third-order valence-electron chi connectivity index (χ3n) is 5.15. The lowest BCUT2D eigenvalue weighted by Crippen LogP contribution is -2.45. The molecule has 0 bridgehead atoms.